The second-order valence-electron chi connectivity index (χ2n) is 6.06. The number of pyridine rings is 2. The summed E-state index contributed by atoms with van der Waals surface area (Å²) in [5.74, 6) is -0.125. The molecule has 0 unspecified atom stereocenters. The Hall–Kier alpha value is -3.50. The molecule has 1 N–H and O–H groups in total. The molecule has 4 rings (SSSR count). The Morgan fingerprint density at radius 2 is 2.04 bits per heavy atom. The molecule has 0 saturated carbocycles. The van der Waals surface area contributed by atoms with Gasteiger partial charge in [0, 0.05) is 28.8 Å². The van der Waals surface area contributed by atoms with Gasteiger partial charge in [-0.05, 0) is 36.8 Å². The molecule has 0 aliphatic heterocycles. The third kappa shape index (κ3) is 2.84. The molecule has 8 heteroatoms. The minimum absolute atomic E-state index is 0.223. The summed E-state index contributed by atoms with van der Waals surface area (Å²) >= 11 is 5.86. The van der Waals surface area contributed by atoms with Crippen LogP contribution in [0.25, 0.3) is 38.4 Å². The van der Waals surface area contributed by atoms with Crippen LogP contribution in [0, 0.1) is 19.3 Å². The first-order chi connectivity index (χ1) is 13.5. The Morgan fingerprint density at radius 3 is 2.68 bits per heavy atom. The number of aryl methyl sites for hydroxylation is 1. The topological polar surface area (TPSA) is 68.0 Å². The molecule has 3 heterocycles. The molecule has 0 radical (unpaired) electrons. The minimum atomic E-state index is -0.517. The van der Waals surface area contributed by atoms with Gasteiger partial charge in [-0.2, -0.15) is 5.10 Å². The van der Waals surface area contributed by atoms with E-state index in [1.54, 1.807) is 37.4 Å². The lowest BCUT2D eigenvalue weighted by Crippen LogP contribution is -1.94. The number of methoxy groups -OCH3 is 1. The third-order valence-electron chi connectivity index (χ3n) is 4.47. The first-order valence-electron chi connectivity index (χ1n) is 8.25. The summed E-state index contributed by atoms with van der Waals surface area (Å²) in [5.41, 5.74) is 3.20. The van der Waals surface area contributed by atoms with E-state index < -0.39 is 5.82 Å². The molecule has 0 saturated heterocycles. The number of nitrogens with one attached hydrogen (secondary N) is 1. The summed E-state index contributed by atoms with van der Waals surface area (Å²) in [6.45, 7) is 9.43. The lowest BCUT2D eigenvalue weighted by Gasteiger charge is -2.10. The fourth-order valence-electron chi connectivity index (χ4n) is 3.09. The second-order valence-corrected chi connectivity index (χ2v) is 6.44. The maximum absolute atomic E-state index is 14.6. The van der Waals surface area contributed by atoms with Crippen molar-refractivity contribution in [2.45, 2.75) is 6.92 Å². The number of ether oxygens (including phenoxy) is 1. The summed E-state index contributed by atoms with van der Waals surface area (Å²) in [7, 11) is 1.46. The van der Waals surface area contributed by atoms with Gasteiger partial charge in [-0.25, -0.2) is 19.2 Å². The Morgan fingerprint density at radius 1 is 1.21 bits per heavy atom. The Bertz CT molecular complexity index is 1240. The highest BCUT2D eigenvalue weighted by Gasteiger charge is 2.21. The maximum atomic E-state index is 14.6. The summed E-state index contributed by atoms with van der Waals surface area (Å²) in [6, 6.07) is 7.90. The fourth-order valence-corrected chi connectivity index (χ4v) is 3.21. The maximum Gasteiger partial charge on any atom is 0.216 e. The van der Waals surface area contributed by atoms with E-state index in [0.717, 1.165) is 5.56 Å². The van der Waals surface area contributed by atoms with Gasteiger partial charge < -0.3 is 4.74 Å². The third-order valence-corrected chi connectivity index (χ3v) is 4.69. The summed E-state index contributed by atoms with van der Waals surface area (Å²) in [6.07, 6.45) is 1.60. The Labute approximate surface area is 164 Å². The van der Waals surface area contributed by atoms with Crippen LogP contribution in [-0.4, -0.2) is 27.3 Å². The summed E-state index contributed by atoms with van der Waals surface area (Å²) in [5, 5.41) is 8.26. The first-order valence-corrected chi connectivity index (χ1v) is 8.63. The van der Waals surface area contributed by atoms with Crippen LogP contribution in [0.5, 0.6) is 5.75 Å². The molecular weight excluding hydrogens is 381 g/mol. The summed E-state index contributed by atoms with van der Waals surface area (Å²) in [4.78, 5) is 12.2. The van der Waals surface area contributed by atoms with Gasteiger partial charge >= 0.3 is 0 Å². The zero-order valence-electron chi connectivity index (χ0n) is 14.9. The Kier molecular flexibility index (Phi) is 4.41. The molecule has 0 amide bonds. The average Bonchev–Trinajstić information content (AvgIpc) is 3.12. The predicted molar refractivity (Wildman–Crippen MR) is 105 cm³/mol. The van der Waals surface area contributed by atoms with Crippen LogP contribution in [0.2, 0.25) is 5.15 Å². The predicted octanol–water partition coefficient (Wildman–Crippen LogP) is 5.35. The highest BCUT2D eigenvalue weighted by atomic mass is 35.5. The highest BCUT2D eigenvalue weighted by molar-refractivity contribution is 6.29. The van der Waals surface area contributed by atoms with Gasteiger partial charge in [0.25, 0.3) is 0 Å². The largest absolute Gasteiger partial charge is 0.497 e. The quantitative estimate of drug-likeness (QED) is 0.376. The van der Waals surface area contributed by atoms with Crippen LogP contribution in [0.3, 0.4) is 0 Å². The highest BCUT2D eigenvalue weighted by Crippen LogP contribution is 2.40. The van der Waals surface area contributed by atoms with Crippen LogP contribution in [0.15, 0.2) is 36.5 Å². The molecule has 0 aliphatic rings. The smallest absolute Gasteiger partial charge is 0.216 e. The normalized spacial score (nSPS) is 10.8. The number of hydrogen-bond acceptors (Lipinski definition) is 4. The molecule has 3 aromatic heterocycles. The van der Waals surface area contributed by atoms with Crippen LogP contribution in [0.1, 0.15) is 5.56 Å². The number of rotatable bonds is 3. The molecule has 0 bridgehead atoms. The number of benzene rings is 1. The first kappa shape index (κ1) is 17.9. The van der Waals surface area contributed by atoms with Crippen LogP contribution < -0.4 is 4.74 Å². The standard InChI is InChI=1S/C20H13ClFN5O/c1-10-16-18(11-4-7-15(21)24-9-11)26-27-20(16)25-19(17(10)23-2)13-6-5-12(28-3)8-14(13)22/h4-9H,1,3H3,(H,25,26,27). The molecule has 6 nitrogen and oxygen atoms in total. The molecule has 0 spiro atoms. The second kappa shape index (κ2) is 6.91. The van der Waals surface area contributed by atoms with Crippen LogP contribution in [-0.2, 0) is 0 Å². The fraction of sp³-hybridized carbons (Fsp3) is 0.100. The van der Waals surface area contributed by atoms with Crippen molar-refractivity contribution >= 4 is 28.3 Å². The molecule has 138 valence electrons. The van der Waals surface area contributed by atoms with E-state index in [4.69, 9.17) is 22.9 Å². The van der Waals surface area contributed by atoms with Gasteiger partial charge in [-0.15, -0.1) is 0 Å². The number of aromatic amines is 1. The van der Waals surface area contributed by atoms with Gasteiger partial charge in [-0.1, -0.05) is 11.6 Å². The Balaban J connectivity index is 1.97. The van der Waals surface area contributed by atoms with E-state index in [0.29, 0.717) is 33.2 Å². The van der Waals surface area contributed by atoms with Crippen molar-refractivity contribution in [2.24, 2.45) is 0 Å². The molecule has 4 aromatic rings. The van der Waals surface area contributed by atoms with E-state index >= 15 is 0 Å². The van der Waals surface area contributed by atoms with Crippen LogP contribution in [0.4, 0.5) is 10.1 Å². The van der Waals surface area contributed by atoms with Crippen molar-refractivity contribution in [3.63, 3.8) is 0 Å². The molecule has 0 aliphatic carbocycles. The SMILES string of the molecule is [C-]#[N+]c1c(-c2ccc(OC)cc2F)nc2[nH]nc(-c3ccc(Cl)nc3)c2c1C. The minimum Gasteiger partial charge on any atom is -0.497 e. The van der Waals surface area contributed by atoms with Crippen molar-refractivity contribution in [3.8, 4) is 28.3 Å². The van der Waals surface area contributed by atoms with Crippen molar-refractivity contribution < 1.29 is 9.13 Å². The van der Waals surface area contributed by atoms with Crippen molar-refractivity contribution in [2.75, 3.05) is 7.11 Å². The van der Waals surface area contributed by atoms with E-state index in [2.05, 4.69) is 25.0 Å². The number of H-pyrrole nitrogens is 1. The van der Waals surface area contributed by atoms with Gasteiger partial charge in [0.1, 0.15) is 22.4 Å². The van der Waals surface area contributed by atoms with E-state index in [9.17, 15) is 4.39 Å². The van der Waals surface area contributed by atoms with Crippen LogP contribution >= 0.6 is 11.6 Å². The van der Waals surface area contributed by atoms with E-state index in [1.165, 1.54) is 13.2 Å². The van der Waals surface area contributed by atoms with Gasteiger partial charge in [0.05, 0.1) is 19.4 Å². The van der Waals surface area contributed by atoms with Crippen molar-refractivity contribution in [1.82, 2.24) is 20.2 Å². The monoisotopic (exact) mass is 393 g/mol. The zero-order valence-corrected chi connectivity index (χ0v) is 15.7. The number of fused-ring (bicyclic) bond motifs is 1. The molecular formula is C20H13ClFN5O. The van der Waals surface area contributed by atoms with E-state index in [-0.39, 0.29) is 16.9 Å². The van der Waals surface area contributed by atoms with Crippen molar-refractivity contribution in [3.05, 3.63) is 64.5 Å². The molecule has 0 fully saturated rings. The lowest BCUT2D eigenvalue weighted by atomic mass is 10.0. The van der Waals surface area contributed by atoms with Crippen molar-refractivity contribution in [1.29, 1.82) is 0 Å². The van der Waals surface area contributed by atoms with Gasteiger partial charge in [0.2, 0.25) is 5.69 Å². The van der Waals surface area contributed by atoms with Gasteiger partial charge in [-0.3, -0.25) is 5.10 Å². The van der Waals surface area contributed by atoms with E-state index in [1.807, 2.05) is 0 Å². The molecule has 1 aromatic carbocycles. The lowest BCUT2D eigenvalue weighted by molar-refractivity contribution is 0.411. The zero-order chi connectivity index (χ0) is 19.8. The molecule has 28 heavy (non-hydrogen) atoms. The number of halogens is 2. The number of aromatic nitrogens is 4. The number of nitrogens with zero attached hydrogens (tertiary/aromatic N) is 4. The van der Waals surface area contributed by atoms with Gasteiger partial charge in [0.15, 0.2) is 5.65 Å². The average molecular weight is 394 g/mol. The number of hydrogen-bond donors (Lipinski definition) is 1. The summed E-state index contributed by atoms with van der Waals surface area (Å²) < 4.78 is 19.7. The molecule has 0 atom stereocenters.